The number of aryl methyl sites for hydroxylation is 1. The predicted molar refractivity (Wildman–Crippen MR) is 77.8 cm³/mol. The highest BCUT2D eigenvalue weighted by molar-refractivity contribution is 7.09. The molecule has 2 aromatic heterocycles. The van der Waals surface area contributed by atoms with Crippen LogP contribution in [0.3, 0.4) is 0 Å². The molecule has 20 heavy (non-hydrogen) atoms. The van der Waals surface area contributed by atoms with Crippen LogP contribution in [-0.2, 0) is 6.42 Å². The number of rotatable bonds is 4. The van der Waals surface area contributed by atoms with Crippen molar-refractivity contribution in [2.45, 2.75) is 38.6 Å². The van der Waals surface area contributed by atoms with Crippen LogP contribution in [0.2, 0.25) is 0 Å². The predicted octanol–water partition coefficient (Wildman–Crippen LogP) is 3.67. The molecule has 0 spiro atoms. The lowest BCUT2D eigenvalue weighted by molar-refractivity contribution is 0.0714. The molecule has 1 saturated heterocycles. The lowest BCUT2D eigenvalue weighted by Crippen LogP contribution is -2.30. The van der Waals surface area contributed by atoms with Crippen molar-refractivity contribution in [3.63, 3.8) is 0 Å². The quantitative estimate of drug-likeness (QED) is 0.863. The first kappa shape index (κ1) is 13.4. The molecule has 2 aromatic rings. The van der Waals surface area contributed by atoms with Crippen molar-refractivity contribution >= 4 is 17.2 Å². The van der Waals surface area contributed by atoms with E-state index >= 15 is 0 Å². The molecule has 3 heterocycles. The number of hydrogen-bond donors (Lipinski definition) is 0. The van der Waals surface area contributed by atoms with Gasteiger partial charge in [0.25, 0.3) is 5.91 Å². The Kier molecular flexibility index (Phi) is 3.87. The maximum Gasteiger partial charge on any atom is 0.273 e. The number of hydrogen-bond acceptors (Lipinski definition) is 4. The third-order valence-corrected chi connectivity index (χ3v) is 4.53. The molecule has 0 N–H and O–H groups in total. The number of carbonyl (C=O) groups excluding carboxylic acids is 1. The lowest BCUT2D eigenvalue weighted by atomic mass is 10.1. The number of carbonyl (C=O) groups is 1. The summed E-state index contributed by atoms with van der Waals surface area (Å²) in [5.74, 6) is 0.905. The van der Waals surface area contributed by atoms with Crippen LogP contribution in [0.4, 0.5) is 0 Å². The summed E-state index contributed by atoms with van der Waals surface area (Å²) >= 11 is 1.58. The van der Waals surface area contributed by atoms with Crippen molar-refractivity contribution in [3.05, 3.63) is 40.2 Å². The van der Waals surface area contributed by atoms with Gasteiger partial charge >= 0.3 is 0 Å². The van der Waals surface area contributed by atoms with E-state index in [1.54, 1.807) is 17.6 Å². The van der Waals surface area contributed by atoms with Gasteiger partial charge in [-0.1, -0.05) is 6.92 Å². The summed E-state index contributed by atoms with van der Waals surface area (Å²) in [7, 11) is 0. The van der Waals surface area contributed by atoms with Crippen LogP contribution in [-0.4, -0.2) is 22.3 Å². The summed E-state index contributed by atoms with van der Waals surface area (Å²) in [5.41, 5.74) is 0.580. The van der Waals surface area contributed by atoms with Crippen LogP contribution in [0.15, 0.2) is 28.2 Å². The van der Waals surface area contributed by atoms with Crippen molar-refractivity contribution in [1.29, 1.82) is 0 Å². The normalized spacial score (nSPS) is 18.6. The second kappa shape index (κ2) is 5.79. The SMILES string of the molecule is CCCc1nc(C(=O)N2CCC[C@H]2c2ccco2)cs1. The van der Waals surface area contributed by atoms with E-state index in [2.05, 4.69) is 11.9 Å². The van der Waals surface area contributed by atoms with E-state index in [9.17, 15) is 4.79 Å². The van der Waals surface area contributed by atoms with Gasteiger partial charge in [0.05, 0.1) is 17.3 Å². The van der Waals surface area contributed by atoms with Gasteiger partial charge in [-0.25, -0.2) is 4.98 Å². The topological polar surface area (TPSA) is 46.3 Å². The van der Waals surface area contributed by atoms with E-state index in [-0.39, 0.29) is 11.9 Å². The highest BCUT2D eigenvalue weighted by Gasteiger charge is 2.33. The molecule has 1 fully saturated rings. The van der Waals surface area contributed by atoms with E-state index in [0.717, 1.165) is 43.0 Å². The van der Waals surface area contributed by atoms with Crippen molar-refractivity contribution in [2.75, 3.05) is 6.54 Å². The zero-order valence-electron chi connectivity index (χ0n) is 11.5. The Bertz CT molecular complexity index is 576. The Morgan fingerprint density at radius 1 is 1.60 bits per heavy atom. The molecule has 1 atom stereocenters. The van der Waals surface area contributed by atoms with Gasteiger partial charge in [0.1, 0.15) is 11.5 Å². The first-order valence-electron chi connectivity index (χ1n) is 7.08. The molecule has 0 radical (unpaired) electrons. The standard InChI is InChI=1S/C15H18N2O2S/c1-2-5-14-16-11(10-20-14)15(18)17-8-3-6-12(17)13-7-4-9-19-13/h4,7,9-10,12H,2-3,5-6,8H2,1H3/t12-/m0/s1. The van der Waals surface area contributed by atoms with E-state index < -0.39 is 0 Å². The largest absolute Gasteiger partial charge is 0.467 e. The van der Waals surface area contributed by atoms with E-state index in [4.69, 9.17) is 4.42 Å². The Labute approximate surface area is 122 Å². The smallest absolute Gasteiger partial charge is 0.273 e. The lowest BCUT2D eigenvalue weighted by Gasteiger charge is -2.22. The Morgan fingerprint density at radius 2 is 2.50 bits per heavy atom. The first-order chi connectivity index (χ1) is 9.79. The molecule has 4 nitrogen and oxygen atoms in total. The maximum atomic E-state index is 12.6. The highest BCUT2D eigenvalue weighted by Crippen LogP contribution is 2.33. The molecule has 106 valence electrons. The van der Waals surface area contributed by atoms with Gasteiger partial charge < -0.3 is 9.32 Å². The first-order valence-corrected chi connectivity index (χ1v) is 7.96. The number of amides is 1. The van der Waals surface area contributed by atoms with Gasteiger partial charge in [-0.05, 0) is 37.8 Å². The van der Waals surface area contributed by atoms with Crippen LogP contribution in [0.1, 0.15) is 53.5 Å². The number of likely N-dealkylation sites (tertiary alicyclic amines) is 1. The second-order valence-electron chi connectivity index (χ2n) is 5.05. The average molecular weight is 290 g/mol. The van der Waals surface area contributed by atoms with Gasteiger partial charge in [0, 0.05) is 11.9 Å². The monoisotopic (exact) mass is 290 g/mol. The summed E-state index contributed by atoms with van der Waals surface area (Å²) < 4.78 is 5.47. The number of thiazole rings is 1. The second-order valence-corrected chi connectivity index (χ2v) is 5.99. The molecule has 0 bridgehead atoms. The van der Waals surface area contributed by atoms with Crippen LogP contribution in [0.25, 0.3) is 0 Å². The molecule has 3 rings (SSSR count). The summed E-state index contributed by atoms with van der Waals surface area (Å²) in [4.78, 5) is 18.9. The summed E-state index contributed by atoms with van der Waals surface area (Å²) in [6.07, 6.45) is 5.65. The Morgan fingerprint density at radius 3 is 3.25 bits per heavy atom. The van der Waals surface area contributed by atoms with Gasteiger partial charge in [-0.2, -0.15) is 0 Å². The van der Waals surface area contributed by atoms with Crippen LogP contribution < -0.4 is 0 Å². The minimum absolute atomic E-state index is 0.0301. The molecule has 1 aliphatic heterocycles. The number of aromatic nitrogens is 1. The molecular formula is C15H18N2O2S. The average Bonchev–Trinajstić information content (AvgIpc) is 3.19. The van der Waals surface area contributed by atoms with Crippen LogP contribution in [0, 0.1) is 0 Å². The number of furan rings is 1. The fourth-order valence-corrected chi connectivity index (χ4v) is 3.55. The molecule has 0 aromatic carbocycles. The van der Waals surface area contributed by atoms with Gasteiger partial charge in [-0.3, -0.25) is 4.79 Å². The van der Waals surface area contributed by atoms with Gasteiger partial charge in [0.15, 0.2) is 0 Å². The zero-order valence-corrected chi connectivity index (χ0v) is 12.4. The van der Waals surface area contributed by atoms with Gasteiger partial charge in [-0.15, -0.1) is 11.3 Å². The van der Waals surface area contributed by atoms with Crippen LogP contribution in [0.5, 0.6) is 0 Å². The highest BCUT2D eigenvalue weighted by atomic mass is 32.1. The van der Waals surface area contributed by atoms with Crippen molar-refractivity contribution < 1.29 is 9.21 Å². The van der Waals surface area contributed by atoms with E-state index in [0.29, 0.717) is 5.69 Å². The van der Waals surface area contributed by atoms with Crippen molar-refractivity contribution in [3.8, 4) is 0 Å². The summed E-state index contributed by atoms with van der Waals surface area (Å²) in [5, 5.41) is 2.93. The Hall–Kier alpha value is -1.62. The molecule has 1 aliphatic rings. The summed E-state index contributed by atoms with van der Waals surface area (Å²) in [6.45, 7) is 2.90. The zero-order chi connectivity index (χ0) is 13.9. The van der Waals surface area contributed by atoms with E-state index in [1.807, 2.05) is 22.4 Å². The van der Waals surface area contributed by atoms with Crippen LogP contribution >= 0.6 is 11.3 Å². The maximum absolute atomic E-state index is 12.6. The Balaban J connectivity index is 1.78. The summed E-state index contributed by atoms with van der Waals surface area (Å²) in [6, 6.07) is 3.88. The van der Waals surface area contributed by atoms with E-state index in [1.165, 1.54) is 0 Å². The van der Waals surface area contributed by atoms with Gasteiger partial charge in [0.2, 0.25) is 0 Å². The van der Waals surface area contributed by atoms with Crippen molar-refractivity contribution in [1.82, 2.24) is 9.88 Å². The molecule has 5 heteroatoms. The number of nitrogens with zero attached hydrogens (tertiary/aromatic N) is 2. The fourth-order valence-electron chi connectivity index (χ4n) is 2.67. The molecular weight excluding hydrogens is 272 g/mol. The minimum atomic E-state index is 0.0301. The molecule has 0 saturated carbocycles. The fraction of sp³-hybridized carbons (Fsp3) is 0.467. The van der Waals surface area contributed by atoms with Crippen molar-refractivity contribution in [2.24, 2.45) is 0 Å². The third kappa shape index (κ3) is 2.50. The minimum Gasteiger partial charge on any atom is -0.467 e. The molecule has 1 amide bonds. The third-order valence-electron chi connectivity index (χ3n) is 3.62. The molecule has 0 aliphatic carbocycles. The molecule has 0 unspecified atom stereocenters.